The van der Waals surface area contributed by atoms with Crippen molar-refractivity contribution in [2.75, 3.05) is 7.11 Å². The Bertz CT molecular complexity index is 471. The second-order valence-corrected chi connectivity index (χ2v) is 3.71. The highest BCUT2D eigenvalue weighted by Gasteiger charge is 2.29. The van der Waals surface area contributed by atoms with Gasteiger partial charge in [-0.25, -0.2) is 9.59 Å². The molecule has 0 aliphatic rings. The van der Waals surface area contributed by atoms with Crippen LogP contribution in [0.25, 0.3) is 0 Å². The third-order valence-corrected chi connectivity index (χ3v) is 2.32. The summed E-state index contributed by atoms with van der Waals surface area (Å²) >= 11 is 5.65. The highest BCUT2D eigenvalue weighted by molar-refractivity contribution is 6.30. The average molecular weight is 272 g/mol. The summed E-state index contributed by atoms with van der Waals surface area (Å²) in [4.78, 5) is 33.6. The third kappa shape index (κ3) is 3.46. The van der Waals surface area contributed by atoms with E-state index in [0.717, 1.165) is 7.11 Å². The molecule has 96 valence electrons. The summed E-state index contributed by atoms with van der Waals surface area (Å²) in [7, 11) is 1.03. The predicted molar refractivity (Wildman–Crippen MR) is 62.4 cm³/mol. The number of nitrogens with one attached hydrogen (secondary N) is 1. The number of rotatable bonds is 4. The van der Waals surface area contributed by atoms with Gasteiger partial charge in [-0.3, -0.25) is 4.79 Å². The Morgan fingerprint density at radius 3 is 2.28 bits per heavy atom. The molecule has 0 aromatic heterocycles. The summed E-state index contributed by atoms with van der Waals surface area (Å²) in [5.74, 6) is -3.25. The molecule has 0 saturated carbocycles. The summed E-state index contributed by atoms with van der Waals surface area (Å²) < 4.78 is 4.27. The van der Waals surface area contributed by atoms with E-state index in [1.54, 1.807) is 0 Å². The number of benzene rings is 1. The Kier molecular flexibility index (Phi) is 4.67. The van der Waals surface area contributed by atoms with Gasteiger partial charge in [-0.15, -0.1) is 0 Å². The fraction of sp³-hybridized carbons (Fsp3) is 0.182. The summed E-state index contributed by atoms with van der Waals surface area (Å²) in [6.45, 7) is 0. The Balaban J connectivity index is 2.82. The smallest absolute Gasteiger partial charge is 0.340 e. The van der Waals surface area contributed by atoms with Crippen LogP contribution in [-0.2, 0) is 14.3 Å². The fourth-order valence-corrected chi connectivity index (χ4v) is 1.28. The van der Waals surface area contributed by atoms with Gasteiger partial charge in [0.25, 0.3) is 5.91 Å². The molecule has 2 N–H and O–H groups in total. The van der Waals surface area contributed by atoms with Crippen LogP contribution in [0.3, 0.4) is 0 Å². The van der Waals surface area contributed by atoms with Crippen LogP contribution in [0.2, 0.25) is 5.02 Å². The summed E-state index contributed by atoms with van der Waals surface area (Å²) in [5.41, 5.74) is 0.189. The maximum Gasteiger partial charge on any atom is 0.340 e. The first-order chi connectivity index (χ1) is 8.45. The Morgan fingerprint density at radius 1 is 1.28 bits per heavy atom. The number of carbonyl (C=O) groups excluding carboxylic acids is 2. The molecule has 0 spiro atoms. The number of amides is 1. The summed E-state index contributed by atoms with van der Waals surface area (Å²) in [5, 5.41) is 11.3. The monoisotopic (exact) mass is 271 g/mol. The summed E-state index contributed by atoms with van der Waals surface area (Å²) in [6.07, 6.45) is 0. The van der Waals surface area contributed by atoms with Crippen LogP contribution >= 0.6 is 11.6 Å². The predicted octanol–water partition coefficient (Wildman–Crippen LogP) is 0.696. The topological polar surface area (TPSA) is 92.7 Å². The highest BCUT2D eigenvalue weighted by Crippen LogP contribution is 2.09. The maximum absolute atomic E-state index is 11.7. The van der Waals surface area contributed by atoms with Crippen molar-refractivity contribution in [2.24, 2.45) is 0 Å². The van der Waals surface area contributed by atoms with Crippen molar-refractivity contribution in [3.63, 3.8) is 0 Å². The van der Waals surface area contributed by atoms with Gasteiger partial charge in [0.2, 0.25) is 6.04 Å². The molecule has 1 atom stereocenters. The largest absolute Gasteiger partial charge is 0.479 e. The molecule has 1 unspecified atom stereocenters. The normalized spacial score (nSPS) is 11.4. The van der Waals surface area contributed by atoms with Crippen molar-refractivity contribution in [3.05, 3.63) is 34.9 Å². The lowest BCUT2D eigenvalue weighted by Gasteiger charge is -2.12. The lowest BCUT2D eigenvalue weighted by molar-refractivity contribution is -0.152. The second kappa shape index (κ2) is 6.02. The standard InChI is InChI=1S/C11H10ClNO5/c1-18-11(17)8(10(15)16)13-9(14)6-2-4-7(12)5-3-6/h2-5,8H,1H3,(H,13,14)(H,15,16). The molecule has 0 aliphatic heterocycles. The lowest BCUT2D eigenvalue weighted by Crippen LogP contribution is -2.47. The van der Waals surface area contributed by atoms with E-state index in [9.17, 15) is 14.4 Å². The van der Waals surface area contributed by atoms with E-state index >= 15 is 0 Å². The highest BCUT2D eigenvalue weighted by atomic mass is 35.5. The molecular formula is C11H10ClNO5. The van der Waals surface area contributed by atoms with Gasteiger partial charge in [0.05, 0.1) is 7.11 Å². The van der Waals surface area contributed by atoms with Crippen molar-refractivity contribution in [1.82, 2.24) is 5.32 Å². The van der Waals surface area contributed by atoms with E-state index in [4.69, 9.17) is 16.7 Å². The number of carboxylic acids is 1. The molecule has 0 fully saturated rings. The molecule has 18 heavy (non-hydrogen) atoms. The second-order valence-electron chi connectivity index (χ2n) is 3.27. The zero-order valence-corrected chi connectivity index (χ0v) is 10.1. The van der Waals surface area contributed by atoms with Gasteiger partial charge < -0.3 is 15.2 Å². The van der Waals surface area contributed by atoms with Gasteiger partial charge in [-0.2, -0.15) is 0 Å². The van der Waals surface area contributed by atoms with Gasteiger partial charge in [-0.1, -0.05) is 11.6 Å². The third-order valence-electron chi connectivity index (χ3n) is 2.07. The Labute approximate surface area is 108 Å². The lowest BCUT2D eigenvalue weighted by atomic mass is 10.2. The van der Waals surface area contributed by atoms with Gasteiger partial charge in [0.15, 0.2) is 0 Å². The van der Waals surface area contributed by atoms with Crippen LogP contribution in [0.4, 0.5) is 0 Å². The molecule has 1 aromatic carbocycles. The first-order valence-corrected chi connectivity index (χ1v) is 5.20. The van der Waals surface area contributed by atoms with Crippen LogP contribution in [0.5, 0.6) is 0 Å². The maximum atomic E-state index is 11.7. The minimum absolute atomic E-state index is 0.189. The molecule has 1 amide bonds. The molecule has 7 heteroatoms. The van der Waals surface area contributed by atoms with Gasteiger partial charge in [0.1, 0.15) is 0 Å². The molecule has 0 radical (unpaired) electrons. The minimum atomic E-state index is -1.74. The van der Waals surface area contributed by atoms with Crippen LogP contribution in [-0.4, -0.2) is 36.1 Å². The number of hydrogen-bond acceptors (Lipinski definition) is 4. The van der Waals surface area contributed by atoms with Crippen molar-refractivity contribution >= 4 is 29.4 Å². The van der Waals surface area contributed by atoms with E-state index in [1.165, 1.54) is 24.3 Å². The number of methoxy groups -OCH3 is 1. The first-order valence-electron chi connectivity index (χ1n) is 4.82. The van der Waals surface area contributed by atoms with Crippen molar-refractivity contribution < 1.29 is 24.2 Å². The Hall–Kier alpha value is -2.08. The number of esters is 1. The number of aliphatic carboxylic acids is 1. The molecule has 0 saturated heterocycles. The van der Waals surface area contributed by atoms with Crippen LogP contribution in [0, 0.1) is 0 Å². The van der Waals surface area contributed by atoms with Gasteiger partial charge in [0, 0.05) is 10.6 Å². The molecule has 1 aromatic rings. The number of carbonyl (C=O) groups is 3. The van der Waals surface area contributed by atoms with Crippen LogP contribution in [0.1, 0.15) is 10.4 Å². The number of ether oxygens (including phenoxy) is 1. The van der Waals surface area contributed by atoms with E-state index < -0.39 is 23.9 Å². The first kappa shape index (κ1) is 14.0. The van der Waals surface area contributed by atoms with Crippen molar-refractivity contribution in [2.45, 2.75) is 6.04 Å². The van der Waals surface area contributed by atoms with Crippen molar-refractivity contribution in [3.8, 4) is 0 Å². The van der Waals surface area contributed by atoms with Gasteiger partial charge >= 0.3 is 11.9 Å². The molecule has 0 aliphatic carbocycles. The summed E-state index contributed by atoms with van der Waals surface area (Å²) in [6, 6.07) is 4.04. The molecule has 6 nitrogen and oxygen atoms in total. The SMILES string of the molecule is COC(=O)C(NC(=O)c1ccc(Cl)cc1)C(=O)O. The quantitative estimate of drug-likeness (QED) is 0.621. The van der Waals surface area contributed by atoms with Gasteiger partial charge in [-0.05, 0) is 24.3 Å². The number of carboxylic acid groups (broad SMARTS) is 1. The van der Waals surface area contributed by atoms with E-state index in [-0.39, 0.29) is 5.56 Å². The molecule has 0 heterocycles. The molecule has 0 bridgehead atoms. The number of hydrogen-bond donors (Lipinski definition) is 2. The minimum Gasteiger partial charge on any atom is -0.479 e. The van der Waals surface area contributed by atoms with E-state index in [2.05, 4.69) is 4.74 Å². The van der Waals surface area contributed by atoms with Crippen LogP contribution in [0.15, 0.2) is 24.3 Å². The Morgan fingerprint density at radius 2 is 1.83 bits per heavy atom. The molecule has 1 rings (SSSR count). The van der Waals surface area contributed by atoms with E-state index in [1.807, 2.05) is 5.32 Å². The van der Waals surface area contributed by atoms with Crippen molar-refractivity contribution in [1.29, 1.82) is 0 Å². The van der Waals surface area contributed by atoms with Crippen LogP contribution < -0.4 is 5.32 Å². The zero-order chi connectivity index (χ0) is 13.7. The number of halogens is 1. The zero-order valence-electron chi connectivity index (χ0n) is 9.34. The fourth-order valence-electron chi connectivity index (χ4n) is 1.16. The molecular weight excluding hydrogens is 262 g/mol. The average Bonchev–Trinajstić information content (AvgIpc) is 2.35. The van der Waals surface area contributed by atoms with E-state index in [0.29, 0.717) is 5.02 Å².